The molecule has 19 heavy (non-hydrogen) atoms. The maximum absolute atomic E-state index is 10.7. The van der Waals surface area contributed by atoms with Crippen LogP contribution in [0.2, 0.25) is 0 Å². The summed E-state index contributed by atoms with van der Waals surface area (Å²) in [6, 6.07) is 5.96. The van der Waals surface area contributed by atoms with Gasteiger partial charge in [-0.2, -0.15) is 0 Å². The first kappa shape index (κ1) is 14.8. The van der Waals surface area contributed by atoms with Crippen LogP contribution in [0.15, 0.2) is 22.7 Å². The summed E-state index contributed by atoms with van der Waals surface area (Å²) in [6.45, 7) is 2.74. The third-order valence-electron chi connectivity index (χ3n) is 3.73. The monoisotopic (exact) mass is 328 g/mol. The predicted molar refractivity (Wildman–Crippen MR) is 78.6 cm³/mol. The third-order valence-corrected chi connectivity index (χ3v) is 4.35. The van der Waals surface area contributed by atoms with Crippen molar-refractivity contribution in [2.45, 2.75) is 44.3 Å². The number of benzene rings is 1. The largest absolute Gasteiger partial charge is 0.496 e. The second-order valence-electron chi connectivity index (χ2n) is 5.23. The number of rotatable bonds is 4. The molecule has 0 amide bonds. The number of ether oxygens (including phenoxy) is 2. The molecular formula is C15H21BrO3. The zero-order valence-corrected chi connectivity index (χ0v) is 13.1. The molecule has 0 spiro atoms. The van der Waals surface area contributed by atoms with E-state index in [1.54, 1.807) is 7.11 Å². The maximum atomic E-state index is 10.7. The van der Waals surface area contributed by atoms with Crippen LogP contribution < -0.4 is 4.74 Å². The van der Waals surface area contributed by atoms with Crippen molar-refractivity contribution in [2.24, 2.45) is 0 Å². The molecule has 0 aliphatic carbocycles. The molecule has 1 fully saturated rings. The van der Waals surface area contributed by atoms with Gasteiger partial charge in [-0.15, -0.1) is 0 Å². The van der Waals surface area contributed by atoms with E-state index in [1.165, 1.54) is 0 Å². The van der Waals surface area contributed by atoms with Crippen LogP contribution >= 0.6 is 15.9 Å². The second kappa shape index (κ2) is 6.25. The van der Waals surface area contributed by atoms with Crippen LogP contribution in [0.3, 0.4) is 0 Å². The van der Waals surface area contributed by atoms with Crippen molar-refractivity contribution in [1.29, 1.82) is 0 Å². The molecule has 1 aromatic rings. The van der Waals surface area contributed by atoms with Crippen LogP contribution in [0.25, 0.3) is 0 Å². The molecule has 106 valence electrons. The fraction of sp³-hybridized carbons (Fsp3) is 0.600. The average Bonchev–Trinajstić information content (AvgIpc) is 2.38. The highest BCUT2D eigenvalue weighted by Gasteiger charge is 2.34. The molecule has 4 heteroatoms. The minimum absolute atomic E-state index is 0.181. The molecule has 2 atom stereocenters. The van der Waals surface area contributed by atoms with Gasteiger partial charge >= 0.3 is 0 Å². The Morgan fingerprint density at radius 1 is 1.53 bits per heavy atom. The summed E-state index contributed by atoms with van der Waals surface area (Å²) in [7, 11) is 1.65. The van der Waals surface area contributed by atoms with Gasteiger partial charge in [0, 0.05) is 19.4 Å². The van der Waals surface area contributed by atoms with Crippen LogP contribution in [0.5, 0.6) is 5.75 Å². The lowest BCUT2D eigenvalue weighted by Crippen LogP contribution is -2.42. The maximum Gasteiger partial charge on any atom is 0.133 e. The van der Waals surface area contributed by atoms with Gasteiger partial charge in [-0.1, -0.05) is 13.0 Å². The van der Waals surface area contributed by atoms with Crippen LogP contribution in [0, 0.1) is 0 Å². The summed E-state index contributed by atoms with van der Waals surface area (Å²) in [5.74, 6) is 0.814. The zero-order chi connectivity index (χ0) is 13.9. The highest BCUT2D eigenvalue weighted by Crippen LogP contribution is 2.32. The lowest BCUT2D eigenvalue weighted by atomic mass is 9.84. The minimum Gasteiger partial charge on any atom is -0.496 e. The van der Waals surface area contributed by atoms with Gasteiger partial charge in [0.2, 0.25) is 0 Å². The zero-order valence-electron chi connectivity index (χ0n) is 11.5. The topological polar surface area (TPSA) is 38.7 Å². The molecule has 1 saturated heterocycles. The first-order valence-electron chi connectivity index (χ1n) is 6.73. The van der Waals surface area contributed by atoms with Crippen molar-refractivity contribution < 1.29 is 14.6 Å². The molecule has 3 nitrogen and oxygen atoms in total. The Balaban J connectivity index is 2.09. The smallest absolute Gasteiger partial charge is 0.133 e. The van der Waals surface area contributed by atoms with Crippen molar-refractivity contribution >= 4 is 15.9 Å². The third kappa shape index (κ3) is 3.71. The van der Waals surface area contributed by atoms with Gasteiger partial charge < -0.3 is 14.6 Å². The quantitative estimate of drug-likeness (QED) is 0.921. The van der Waals surface area contributed by atoms with Gasteiger partial charge in [-0.25, -0.2) is 0 Å². The van der Waals surface area contributed by atoms with E-state index in [4.69, 9.17) is 9.47 Å². The summed E-state index contributed by atoms with van der Waals surface area (Å²) >= 11 is 3.48. The Bertz CT molecular complexity index is 435. The normalized spacial score (nSPS) is 27.3. The van der Waals surface area contributed by atoms with Crippen molar-refractivity contribution in [3.63, 3.8) is 0 Å². The number of hydrogen-bond donors (Lipinski definition) is 1. The van der Waals surface area contributed by atoms with Crippen molar-refractivity contribution in [1.82, 2.24) is 0 Å². The molecule has 2 unspecified atom stereocenters. The second-order valence-corrected chi connectivity index (χ2v) is 6.08. The molecule has 1 aromatic carbocycles. The fourth-order valence-corrected chi connectivity index (χ4v) is 3.21. The average molecular weight is 329 g/mol. The lowest BCUT2D eigenvalue weighted by Gasteiger charge is -2.36. The molecule has 0 saturated carbocycles. The van der Waals surface area contributed by atoms with E-state index in [1.807, 2.05) is 18.2 Å². The molecule has 1 heterocycles. The molecule has 0 radical (unpaired) electrons. The van der Waals surface area contributed by atoms with Gasteiger partial charge in [0.25, 0.3) is 0 Å². The highest BCUT2D eigenvalue weighted by molar-refractivity contribution is 9.10. The first-order chi connectivity index (χ1) is 9.06. The first-order valence-corrected chi connectivity index (χ1v) is 7.52. The van der Waals surface area contributed by atoms with Crippen LogP contribution in [-0.2, 0) is 11.2 Å². The molecular weight excluding hydrogens is 308 g/mol. The molecule has 1 N–H and O–H groups in total. The standard InChI is InChI=1S/C15H21BrO3/c1-3-12-10-15(17,6-7-19-12)9-11-4-5-14(18-2)13(16)8-11/h4-5,8,12,17H,3,6-7,9-10H2,1-2H3. The van der Waals surface area contributed by atoms with Gasteiger partial charge in [0.05, 0.1) is 23.3 Å². The lowest BCUT2D eigenvalue weighted by molar-refractivity contribution is -0.103. The van der Waals surface area contributed by atoms with Crippen molar-refractivity contribution in [3.8, 4) is 5.75 Å². The van der Waals surface area contributed by atoms with Gasteiger partial charge in [0.15, 0.2) is 0 Å². The van der Waals surface area contributed by atoms with Gasteiger partial charge in [-0.3, -0.25) is 0 Å². The Morgan fingerprint density at radius 2 is 2.32 bits per heavy atom. The summed E-state index contributed by atoms with van der Waals surface area (Å²) < 4.78 is 11.8. The summed E-state index contributed by atoms with van der Waals surface area (Å²) in [4.78, 5) is 0. The van der Waals surface area contributed by atoms with E-state index in [2.05, 4.69) is 22.9 Å². The van der Waals surface area contributed by atoms with Crippen molar-refractivity contribution in [3.05, 3.63) is 28.2 Å². The molecule has 1 aliphatic rings. The molecule has 0 aromatic heterocycles. The van der Waals surface area contributed by atoms with Gasteiger partial charge in [-0.05, 0) is 46.5 Å². The van der Waals surface area contributed by atoms with E-state index in [0.717, 1.165) is 22.2 Å². The molecule has 2 rings (SSSR count). The van der Waals surface area contributed by atoms with Crippen LogP contribution in [0.4, 0.5) is 0 Å². The Labute approximate surface area is 123 Å². The Morgan fingerprint density at radius 3 is 2.95 bits per heavy atom. The van der Waals surface area contributed by atoms with Crippen LogP contribution in [-0.4, -0.2) is 30.5 Å². The van der Waals surface area contributed by atoms with E-state index in [0.29, 0.717) is 25.9 Å². The summed E-state index contributed by atoms with van der Waals surface area (Å²) in [5.41, 5.74) is 0.472. The Hall–Kier alpha value is -0.580. The number of hydrogen-bond acceptors (Lipinski definition) is 3. The summed E-state index contributed by atoms with van der Waals surface area (Å²) in [6.07, 6.45) is 3.21. The van der Waals surface area contributed by atoms with E-state index in [-0.39, 0.29) is 6.10 Å². The molecule has 0 bridgehead atoms. The van der Waals surface area contributed by atoms with E-state index in [9.17, 15) is 5.11 Å². The summed E-state index contributed by atoms with van der Waals surface area (Å²) in [5, 5.41) is 10.7. The fourth-order valence-electron chi connectivity index (χ4n) is 2.62. The Kier molecular flexibility index (Phi) is 4.87. The number of methoxy groups -OCH3 is 1. The molecule has 1 aliphatic heterocycles. The SMILES string of the molecule is CCC1CC(O)(Cc2ccc(OC)c(Br)c2)CCO1. The van der Waals surface area contributed by atoms with Crippen molar-refractivity contribution in [2.75, 3.05) is 13.7 Å². The predicted octanol–water partition coefficient (Wildman–Crippen LogP) is 3.32. The van der Waals surface area contributed by atoms with E-state index < -0.39 is 5.60 Å². The van der Waals surface area contributed by atoms with Gasteiger partial charge in [0.1, 0.15) is 5.75 Å². The van der Waals surface area contributed by atoms with Crippen LogP contribution in [0.1, 0.15) is 31.7 Å². The van der Waals surface area contributed by atoms with E-state index >= 15 is 0 Å². The number of halogens is 1. The number of aliphatic hydroxyl groups is 1. The minimum atomic E-state index is -0.646. The highest BCUT2D eigenvalue weighted by atomic mass is 79.9.